The van der Waals surface area contributed by atoms with E-state index in [4.69, 9.17) is 20.6 Å². The van der Waals surface area contributed by atoms with Gasteiger partial charge >= 0.3 is 6.18 Å². The summed E-state index contributed by atoms with van der Waals surface area (Å²) in [5, 5.41) is 0. The zero-order valence-electron chi connectivity index (χ0n) is 13.3. The normalized spacial score (nSPS) is 12.1. The summed E-state index contributed by atoms with van der Waals surface area (Å²) in [5.74, 6) is -0.442. The number of nitrogen functional groups attached to an aromatic ring is 2. The molecule has 0 radical (unpaired) electrons. The van der Waals surface area contributed by atoms with Gasteiger partial charge in [0.1, 0.15) is 11.3 Å². The first-order valence-electron chi connectivity index (χ1n) is 7.21. The van der Waals surface area contributed by atoms with Crippen molar-refractivity contribution in [3.8, 4) is 11.5 Å². The Bertz CT molecular complexity index is 937. The SMILES string of the molecule is CC(C)c1c(Oc2cnc(N)nc2N)cc(C(F)(F)F)c2ncoc12. The molecule has 0 saturated heterocycles. The number of rotatable bonds is 3. The molecule has 10 heteroatoms. The number of alkyl halides is 3. The van der Waals surface area contributed by atoms with Crippen LogP contribution in [-0.2, 0) is 6.18 Å². The van der Waals surface area contributed by atoms with E-state index in [1.807, 2.05) is 0 Å². The van der Waals surface area contributed by atoms with Gasteiger partial charge in [-0.25, -0.2) is 9.97 Å². The third kappa shape index (κ3) is 3.02. The van der Waals surface area contributed by atoms with Crippen LogP contribution < -0.4 is 16.2 Å². The van der Waals surface area contributed by atoms with Gasteiger partial charge in [0, 0.05) is 5.56 Å². The fourth-order valence-electron chi connectivity index (χ4n) is 2.46. The van der Waals surface area contributed by atoms with Gasteiger partial charge in [0.25, 0.3) is 0 Å². The maximum absolute atomic E-state index is 13.4. The lowest BCUT2D eigenvalue weighted by Gasteiger charge is -2.17. The van der Waals surface area contributed by atoms with Gasteiger partial charge in [-0.05, 0) is 12.0 Å². The van der Waals surface area contributed by atoms with Gasteiger partial charge in [0.2, 0.25) is 5.95 Å². The third-order valence-electron chi connectivity index (χ3n) is 3.51. The zero-order chi connectivity index (χ0) is 18.4. The Kier molecular flexibility index (Phi) is 3.90. The average Bonchev–Trinajstić information content (AvgIpc) is 2.96. The van der Waals surface area contributed by atoms with Gasteiger partial charge in [0.15, 0.2) is 23.5 Å². The van der Waals surface area contributed by atoms with Crippen molar-refractivity contribution in [1.29, 1.82) is 0 Å². The minimum Gasteiger partial charge on any atom is -0.451 e. The molecule has 25 heavy (non-hydrogen) atoms. The Morgan fingerprint density at radius 3 is 2.48 bits per heavy atom. The van der Waals surface area contributed by atoms with Crippen LogP contribution in [0.5, 0.6) is 11.5 Å². The molecule has 3 aromatic rings. The summed E-state index contributed by atoms with van der Waals surface area (Å²) < 4.78 is 50.9. The summed E-state index contributed by atoms with van der Waals surface area (Å²) in [6.45, 7) is 3.58. The van der Waals surface area contributed by atoms with E-state index in [0.29, 0.717) is 5.56 Å². The molecule has 0 aliphatic rings. The molecule has 2 aromatic heterocycles. The highest BCUT2D eigenvalue weighted by Gasteiger charge is 2.36. The molecule has 0 atom stereocenters. The number of nitrogens with zero attached hydrogens (tertiary/aromatic N) is 3. The van der Waals surface area contributed by atoms with E-state index < -0.39 is 11.7 Å². The minimum atomic E-state index is -4.63. The third-order valence-corrected chi connectivity index (χ3v) is 3.51. The lowest BCUT2D eigenvalue weighted by atomic mass is 9.98. The average molecular weight is 353 g/mol. The van der Waals surface area contributed by atoms with Crippen LogP contribution in [0.1, 0.15) is 30.9 Å². The van der Waals surface area contributed by atoms with Gasteiger partial charge in [-0.1, -0.05) is 13.8 Å². The van der Waals surface area contributed by atoms with E-state index >= 15 is 0 Å². The molecule has 0 aliphatic carbocycles. The first-order chi connectivity index (χ1) is 11.7. The molecule has 2 heterocycles. The number of hydrogen-bond donors (Lipinski definition) is 2. The van der Waals surface area contributed by atoms with E-state index in [9.17, 15) is 13.2 Å². The van der Waals surface area contributed by atoms with E-state index in [1.165, 1.54) is 6.20 Å². The lowest BCUT2D eigenvalue weighted by molar-refractivity contribution is -0.136. The van der Waals surface area contributed by atoms with Crippen LogP contribution in [0.3, 0.4) is 0 Å². The number of hydrogen-bond acceptors (Lipinski definition) is 7. The van der Waals surface area contributed by atoms with E-state index in [2.05, 4.69) is 15.0 Å². The smallest absolute Gasteiger partial charge is 0.418 e. The maximum Gasteiger partial charge on any atom is 0.418 e. The quantitative estimate of drug-likeness (QED) is 0.738. The number of benzene rings is 1. The van der Waals surface area contributed by atoms with Crippen molar-refractivity contribution in [2.75, 3.05) is 11.5 Å². The molecule has 0 spiro atoms. The molecule has 3 rings (SSSR count). The minimum absolute atomic E-state index is 0.00904. The topological polar surface area (TPSA) is 113 Å². The van der Waals surface area contributed by atoms with Crippen LogP contribution in [0.2, 0.25) is 0 Å². The van der Waals surface area contributed by atoms with E-state index in [1.54, 1.807) is 13.8 Å². The summed E-state index contributed by atoms with van der Waals surface area (Å²) in [6, 6.07) is 0.871. The predicted octanol–water partition coefficient (Wildman–Crippen LogP) is 3.72. The molecule has 7 nitrogen and oxygen atoms in total. The standard InChI is InChI=1S/C15H14F3N5O2/c1-6(2)10-8(25-9-4-21-14(20)23-13(9)19)3-7(15(16,17)18)11-12(10)24-5-22-11/h3-6H,1-2H3,(H4,19,20,21,23). The number of anilines is 2. The first-order valence-corrected chi connectivity index (χ1v) is 7.21. The maximum atomic E-state index is 13.4. The number of aromatic nitrogens is 3. The summed E-state index contributed by atoms with van der Waals surface area (Å²) in [7, 11) is 0. The molecular weight excluding hydrogens is 339 g/mol. The molecule has 0 saturated carbocycles. The molecule has 0 bridgehead atoms. The largest absolute Gasteiger partial charge is 0.451 e. The van der Waals surface area contributed by atoms with Crippen LogP contribution in [0.15, 0.2) is 23.1 Å². The number of oxazole rings is 1. The Hall–Kier alpha value is -3.04. The van der Waals surface area contributed by atoms with Gasteiger partial charge in [-0.15, -0.1) is 0 Å². The molecular formula is C15H14F3N5O2. The van der Waals surface area contributed by atoms with Crippen molar-refractivity contribution >= 4 is 22.9 Å². The van der Waals surface area contributed by atoms with Crippen molar-refractivity contribution in [1.82, 2.24) is 15.0 Å². The van der Waals surface area contributed by atoms with Gasteiger partial charge in [-0.2, -0.15) is 18.2 Å². The predicted molar refractivity (Wildman–Crippen MR) is 84.0 cm³/mol. The molecule has 0 amide bonds. The fraction of sp³-hybridized carbons (Fsp3) is 0.267. The van der Waals surface area contributed by atoms with Crippen molar-refractivity contribution in [3.05, 3.63) is 29.8 Å². The Morgan fingerprint density at radius 1 is 1.16 bits per heavy atom. The van der Waals surface area contributed by atoms with Gasteiger partial charge < -0.3 is 20.6 Å². The first kappa shape index (κ1) is 16.8. The van der Waals surface area contributed by atoms with Crippen molar-refractivity contribution in [2.45, 2.75) is 25.9 Å². The monoisotopic (exact) mass is 353 g/mol. The highest BCUT2D eigenvalue weighted by Crippen LogP contribution is 2.43. The Labute approximate surface area is 139 Å². The molecule has 0 unspecified atom stereocenters. The second kappa shape index (κ2) is 5.80. The molecule has 0 fully saturated rings. The summed E-state index contributed by atoms with van der Waals surface area (Å²) >= 11 is 0. The second-order valence-corrected chi connectivity index (χ2v) is 5.60. The number of ether oxygens (including phenoxy) is 1. The van der Waals surface area contributed by atoms with Crippen LogP contribution in [0.4, 0.5) is 24.9 Å². The van der Waals surface area contributed by atoms with E-state index in [-0.39, 0.29) is 40.3 Å². The summed E-state index contributed by atoms with van der Waals surface area (Å²) in [4.78, 5) is 11.2. The summed E-state index contributed by atoms with van der Waals surface area (Å²) in [5.41, 5.74) is 10.3. The molecule has 0 aliphatic heterocycles. The Morgan fingerprint density at radius 2 is 1.88 bits per heavy atom. The fourth-order valence-corrected chi connectivity index (χ4v) is 2.46. The van der Waals surface area contributed by atoms with E-state index in [0.717, 1.165) is 12.5 Å². The van der Waals surface area contributed by atoms with Crippen LogP contribution in [0, 0.1) is 0 Å². The van der Waals surface area contributed by atoms with Crippen molar-refractivity contribution < 1.29 is 22.3 Å². The number of nitrogens with two attached hydrogens (primary N) is 2. The second-order valence-electron chi connectivity index (χ2n) is 5.60. The van der Waals surface area contributed by atoms with Crippen molar-refractivity contribution in [3.63, 3.8) is 0 Å². The molecule has 4 N–H and O–H groups in total. The van der Waals surface area contributed by atoms with Gasteiger partial charge in [0.05, 0.1) is 11.8 Å². The highest BCUT2D eigenvalue weighted by molar-refractivity contribution is 5.83. The molecule has 132 valence electrons. The van der Waals surface area contributed by atoms with Crippen molar-refractivity contribution in [2.24, 2.45) is 0 Å². The lowest BCUT2D eigenvalue weighted by Crippen LogP contribution is -2.09. The molecule has 1 aromatic carbocycles. The highest BCUT2D eigenvalue weighted by atomic mass is 19.4. The van der Waals surface area contributed by atoms with Crippen LogP contribution in [-0.4, -0.2) is 15.0 Å². The zero-order valence-corrected chi connectivity index (χ0v) is 13.3. The number of fused-ring (bicyclic) bond motifs is 1. The Balaban J connectivity index is 2.23. The van der Waals surface area contributed by atoms with Gasteiger partial charge in [-0.3, -0.25) is 0 Å². The van der Waals surface area contributed by atoms with Crippen LogP contribution >= 0.6 is 0 Å². The van der Waals surface area contributed by atoms with Crippen LogP contribution in [0.25, 0.3) is 11.1 Å². The number of halogens is 3. The summed E-state index contributed by atoms with van der Waals surface area (Å²) in [6.07, 6.45) is -2.47.